The van der Waals surface area contributed by atoms with Crippen LogP contribution in [0.5, 0.6) is 5.75 Å². The Morgan fingerprint density at radius 2 is 1.87 bits per heavy atom. The van der Waals surface area contributed by atoms with Gasteiger partial charge in [-0.05, 0) is 71.4 Å². The Labute approximate surface area is 226 Å². The van der Waals surface area contributed by atoms with Crippen molar-refractivity contribution in [3.63, 3.8) is 0 Å². The van der Waals surface area contributed by atoms with Crippen LogP contribution in [0, 0.1) is 5.82 Å². The highest BCUT2D eigenvalue weighted by molar-refractivity contribution is 6.15. The fourth-order valence-corrected chi connectivity index (χ4v) is 4.57. The van der Waals surface area contributed by atoms with Gasteiger partial charge in [0, 0.05) is 36.3 Å². The smallest absolute Gasteiger partial charge is 0.407 e. The van der Waals surface area contributed by atoms with E-state index in [1.54, 1.807) is 59.1 Å². The second kappa shape index (κ2) is 10.9. The SMILES string of the molecule is CC(C)(C)OC(=O)NCCCN1C(=O)C(C)(C)N(C(=O)COc2cccc3cnccc23)c2ccc(F)cc21. The van der Waals surface area contributed by atoms with Crippen LogP contribution in [-0.2, 0) is 14.3 Å². The maximum absolute atomic E-state index is 14.3. The quantitative estimate of drug-likeness (QED) is 0.435. The number of hydrogen-bond donors (Lipinski definition) is 1. The number of ether oxygens (including phenoxy) is 2. The first-order valence-electron chi connectivity index (χ1n) is 12.8. The molecular weight excluding hydrogens is 503 g/mol. The number of pyridine rings is 1. The average molecular weight is 537 g/mol. The lowest BCUT2D eigenvalue weighted by Crippen LogP contribution is -2.63. The minimum Gasteiger partial charge on any atom is -0.483 e. The topological polar surface area (TPSA) is 101 Å². The molecule has 1 aromatic heterocycles. The summed E-state index contributed by atoms with van der Waals surface area (Å²) in [6, 6.07) is 11.3. The predicted molar refractivity (Wildman–Crippen MR) is 146 cm³/mol. The third kappa shape index (κ3) is 6.10. The Kier molecular flexibility index (Phi) is 7.76. The van der Waals surface area contributed by atoms with Crippen molar-refractivity contribution in [1.82, 2.24) is 10.3 Å². The number of alkyl carbamates (subject to hydrolysis) is 1. The van der Waals surface area contributed by atoms with Gasteiger partial charge in [-0.25, -0.2) is 9.18 Å². The molecule has 9 nitrogen and oxygen atoms in total. The first-order chi connectivity index (χ1) is 18.4. The summed E-state index contributed by atoms with van der Waals surface area (Å²) in [5.74, 6) is -0.838. The maximum Gasteiger partial charge on any atom is 0.407 e. The molecule has 0 bridgehead atoms. The fourth-order valence-electron chi connectivity index (χ4n) is 4.57. The number of carbonyl (C=O) groups excluding carboxylic acids is 3. The van der Waals surface area contributed by atoms with E-state index in [2.05, 4.69) is 10.3 Å². The summed E-state index contributed by atoms with van der Waals surface area (Å²) in [6.45, 7) is 8.73. The summed E-state index contributed by atoms with van der Waals surface area (Å²) < 4.78 is 25.5. The van der Waals surface area contributed by atoms with Gasteiger partial charge >= 0.3 is 6.09 Å². The van der Waals surface area contributed by atoms with Crippen LogP contribution in [-0.4, -0.2) is 53.7 Å². The molecule has 39 heavy (non-hydrogen) atoms. The number of rotatable bonds is 7. The summed E-state index contributed by atoms with van der Waals surface area (Å²) >= 11 is 0. The van der Waals surface area contributed by atoms with E-state index in [0.29, 0.717) is 17.9 Å². The van der Waals surface area contributed by atoms with E-state index in [1.165, 1.54) is 28.0 Å². The van der Waals surface area contributed by atoms with Crippen LogP contribution in [0.25, 0.3) is 10.8 Å². The van der Waals surface area contributed by atoms with Crippen molar-refractivity contribution in [3.8, 4) is 5.75 Å². The molecule has 0 saturated carbocycles. The van der Waals surface area contributed by atoms with Crippen LogP contribution < -0.4 is 19.9 Å². The van der Waals surface area contributed by atoms with Crippen molar-refractivity contribution < 1.29 is 28.2 Å². The Morgan fingerprint density at radius 3 is 2.62 bits per heavy atom. The van der Waals surface area contributed by atoms with Crippen LogP contribution >= 0.6 is 0 Å². The summed E-state index contributed by atoms with van der Waals surface area (Å²) in [5.41, 5.74) is -1.22. The van der Waals surface area contributed by atoms with Gasteiger partial charge < -0.3 is 19.7 Å². The average Bonchev–Trinajstić information content (AvgIpc) is 2.86. The van der Waals surface area contributed by atoms with Crippen molar-refractivity contribution in [2.45, 2.75) is 52.2 Å². The van der Waals surface area contributed by atoms with Crippen LogP contribution in [0.2, 0.25) is 0 Å². The monoisotopic (exact) mass is 536 g/mol. The van der Waals surface area contributed by atoms with E-state index in [1.807, 2.05) is 12.1 Å². The molecule has 3 amide bonds. The Balaban J connectivity index is 1.52. The summed E-state index contributed by atoms with van der Waals surface area (Å²) in [6.07, 6.45) is 3.19. The van der Waals surface area contributed by atoms with E-state index in [-0.39, 0.29) is 31.3 Å². The third-order valence-corrected chi connectivity index (χ3v) is 6.26. The van der Waals surface area contributed by atoms with E-state index >= 15 is 0 Å². The lowest BCUT2D eigenvalue weighted by molar-refractivity contribution is -0.129. The van der Waals surface area contributed by atoms with Crippen molar-refractivity contribution >= 4 is 40.1 Å². The van der Waals surface area contributed by atoms with Gasteiger partial charge in [0.25, 0.3) is 11.8 Å². The number of fused-ring (bicyclic) bond motifs is 2. The fraction of sp³-hybridized carbons (Fsp3) is 0.379. The van der Waals surface area contributed by atoms with Gasteiger partial charge in [-0.3, -0.25) is 19.5 Å². The number of nitrogens with zero attached hydrogens (tertiary/aromatic N) is 3. The van der Waals surface area contributed by atoms with Crippen molar-refractivity contribution in [1.29, 1.82) is 0 Å². The van der Waals surface area contributed by atoms with Gasteiger partial charge in [-0.1, -0.05) is 12.1 Å². The van der Waals surface area contributed by atoms with Gasteiger partial charge in [0.15, 0.2) is 6.61 Å². The number of aromatic nitrogens is 1. The molecule has 0 fully saturated rings. The number of nitrogens with one attached hydrogen (secondary N) is 1. The molecule has 0 saturated heterocycles. The molecule has 0 spiro atoms. The van der Waals surface area contributed by atoms with E-state index in [9.17, 15) is 18.8 Å². The summed E-state index contributed by atoms with van der Waals surface area (Å²) in [7, 11) is 0. The van der Waals surface area contributed by atoms with Crippen LogP contribution in [0.1, 0.15) is 41.0 Å². The largest absolute Gasteiger partial charge is 0.483 e. The molecule has 0 aliphatic carbocycles. The van der Waals surface area contributed by atoms with E-state index < -0.39 is 29.0 Å². The second-order valence-corrected chi connectivity index (χ2v) is 10.8. The van der Waals surface area contributed by atoms with E-state index in [4.69, 9.17) is 9.47 Å². The molecule has 1 N–H and O–H groups in total. The Hall–Kier alpha value is -4.21. The highest BCUT2D eigenvalue weighted by atomic mass is 19.1. The molecule has 3 aromatic rings. The Bertz CT molecular complexity index is 1400. The molecule has 0 unspecified atom stereocenters. The molecule has 4 rings (SSSR count). The second-order valence-electron chi connectivity index (χ2n) is 10.8. The maximum atomic E-state index is 14.3. The lowest BCUT2D eigenvalue weighted by atomic mass is 9.94. The zero-order chi connectivity index (χ0) is 28.4. The van der Waals surface area contributed by atoms with Gasteiger partial charge in [0.05, 0.1) is 11.4 Å². The molecule has 0 radical (unpaired) electrons. The van der Waals surface area contributed by atoms with Gasteiger partial charge in [-0.15, -0.1) is 0 Å². The van der Waals surface area contributed by atoms with Crippen LogP contribution in [0.3, 0.4) is 0 Å². The molecule has 10 heteroatoms. The number of carbonyl (C=O) groups is 3. The molecule has 1 aliphatic heterocycles. The molecule has 206 valence electrons. The number of amides is 3. The number of halogens is 1. The predicted octanol–water partition coefficient (Wildman–Crippen LogP) is 4.83. The number of benzene rings is 2. The number of anilines is 2. The van der Waals surface area contributed by atoms with Crippen molar-refractivity contribution in [2.24, 2.45) is 0 Å². The zero-order valence-electron chi connectivity index (χ0n) is 22.8. The highest BCUT2D eigenvalue weighted by Crippen LogP contribution is 2.41. The minimum atomic E-state index is -1.27. The molecule has 1 aliphatic rings. The minimum absolute atomic E-state index is 0.205. The third-order valence-electron chi connectivity index (χ3n) is 6.26. The first-order valence-corrected chi connectivity index (χ1v) is 12.8. The Morgan fingerprint density at radius 1 is 1.10 bits per heavy atom. The van der Waals surface area contributed by atoms with Crippen LogP contribution in [0.4, 0.5) is 20.6 Å². The van der Waals surface area contributed by atoms with E-state index in [0.717, 1.165) is 10.8 Å². The molecule has 2 aromatic carbocycles. The molecular formula is C29H33FN4O5. The van der Waals surface area contributed by atoms with Gasteiger partial charge in [0.2, 0.25) is 0 Å². The van der Waals surface area contributed by atoms with Crippen molar-refractivity contribution in [2.75, 3.05) is 29.5 Å². The molecule has 0 atom stereocenters. The standard InChI is InChI=1S/C29H33FN4O5/c1-28(2,3)39-27(37)32-13-7-15-33-23-16-20(30)10-11-22(23)34(29(4,5)26(33)36)25(35)18-38-24-9-6-8-19-17-31-14-12-21(19)24/h6,8-12,14,16-17H,7,13,15,18H2,1-5H3,(H,32,37). The summed E-state index contributed by atoms with van der Waals surface area (Å²) in [4.78, 5) is 46.1. The lowest BCUT2D eigenvalue weighted by Gasteiger charge is -2.46. The normalized spacial score (nSPS) is 14.7. The van der Waals surface area contributed by atoms with Gasteiger partial charge in [0.1, 0.15) is 22.7 Å². The van der Waals surface area contributed by atoms with Gasteiger partial charge in [-0.2, -0.15) is 0 Å². The zero-order valence-corrected chi connectivity index (χ0v) is 22.8. The highest BCUT2D eigenvalue weighted by Gasteiger charge is 2.47. The molecule has 2 heterocycles. The van der Waals surface area contributed by atoms with Crippen LogP contribution in [0.15, 0.2) is 54.9 Å². The van der Waals surface area contributed by atoms with Crippen molar-refractivity contribution in [3.05, 3.63) is 60.7 Å². The number of hydrogen-bond acceptors (Lipinski definition) is 6. The first kappa shape index (κ1) is 27.8. The summed E-state index contributed by atoms with van der Waals surface area (Å²) in [5, 5.41) is 4.34.